The normalized spacial score (nSPS) is 14.8. The van der Waals surface area contributed by atoms with E-state index in [0.717, 1.165) is 44.5 Å². The summed E-state index contributed by atoms with van der Waals surface area (Å²) < 4.78 is 12.8. The van der Waals surface area contributed by atoms with Crippen LogP contribution in [0, 0.1) is 12.8 Å². The summed E-state index contributed by atoms with van der Waals surface area (Å²) in [6.45, 7) is 10.3. The van der Waals surface area contributed by atoms with E-state index < -0.39 is 5.60 Å². The van der Waals surface area contributed by atoms with E-state index in [1.165, 1.54) is 29.3 Å². The molecule has 2 heterocycles. The average Bonchev–Trinajstić information content (AvgIpc) is 3.09. The van der Waals surface area contributed by atoms with Crippen molar-refractivity contribution in [1.82, 2.24) is 9.47 Å². The highest BCUT2D eigenvalue weighted by Crippen LogP contribution is 2.31. The fraction of sp³-hybridized carbons (Fsp3) is 0.448. The maximum absolute atomic E-state index is 12.4. The number of esters is 1. The summed E-state index contributed by atoms with van der Waals surface area (Å²) in [5, 5.41) is 1.27. The molecule has 0 saturated carbocycles. The highest BCUT2D eigenvalue weighted by Gasteiger charge is 2.27. The van der Waals surface area contributed by atoms with E-state index in [1.54, 1.807) is 0 Å². The van der Waals surface area contributed by atoms with Crippen molar-refractivity contribution >= 4 is 23.0 Å². The molecule has 4 rings (SSSR count). The molecular weight excluding hydrogens is 440 g/mol. The number of methoxy groups -OCH3 is 1. The van der Waals surface area contributed by atoms with Gasteiger partial charge in [0.1, 0.15) is 5.60 Å². The lowest BCUT2D eigenvalue weighted by Gasteiger charge is -2.33. The van der Waals surface area contributed by atoms with Crippen molar-refractivity contribution in [3.63, 3.8) is 0 Å². The van der Waals surface area contributed by atoms with Crippen LogP contribution in [-0.2, 0) is 22.4 Å². The number of likely N-dealkylation sites (tertiary alicyclic amines) is 1. The maximum Gasteiger partial charge on any atom is 0.410 e. The minimum Gasteiger partial charge on any atom is -0.465 e. The number of nitrogens with zero attached hydrogens (tertiary/aromatic N) is 2. The summed E-state index contributed by atoms with van der Waals surface area (Å²) in [6.07, 6.45) is 2.53. The first-order valence-corrected chi connectivity index (χ1v) is 12.4. The van der Waals surface area contributed by atoms with Gasteiger partial charge in [0.2, 0.25) is 0 Å². The zero-order valence-corrected chi connectivity index (χ0v) is 21.5. The minimum atomic E-state index is -0.467. The third-order valence-electron chi connectivity index (χ3n) is 6.82. The van der Waals surface area contributed by atoms with Gasteiger partial charge in [-0.1, -0.05) is 30.3 Å². The van der Waals surface area contributed by atoms with E-state index in [0.29, 0.717) is 11.5 Å². The smallest absolute Gasteiger partial charge is 0.410 e. The second kappa shape index (κ2) is 10.1. The Morgan fingerprint density at radius 3 is 2.29 bits per heavy atom. The summed E-state index contributed by atoms with van der Waals surface area (Å²) >= 11 is 0. The van der Waals surface area contributed by atoms with Crippen LogP contribution in [-0.4, -0.2) is 47.3 Å². The van der Waals surface area contributed by atoms with Crippen molar-refractivity contribution in [2.75, 3.05) is 20.2 Å². The van der Waals surface area contributed by atoms with Gasteiger partial charge in [-0.2, -0.15) is 0 Å². The van der Waals surface area contributed by atoms with E-state index in [1.807, 2.05) is 49.9 Å². The van der Waals surface area contributed by atoms with Crippen molar-refractivity contribution in [3.8, 4) is 0 Å². The Balaban J connectivity index is 1.50. The molecule has 6 nitrogen and oxygen atoms in total. The molecule has 1 aliphatic rings. The molecule has 1 amide bonds. The van der Waals surface area contributed by atoms with Gasteiger partial charge in [-0.3, -0.25) is 0 Å². The first-order chi connectivity index (χ1) is 16.7. The Kier molecular flexibility index (Phi) is 7.20. The number of carbonyl (C=O) groups excluding carboxylic acids is 2. The summed E-state index contributed by atoms with van der Waals surface area (Å²) in [4.78, 5) is 26.0. The van der Waals surface area contributed by atoms with Crippen LogP contribution in [0.5, 0.6) is 0 Å². The van der Waals surface area contributed by atoms with E-state index >= 15 is 0 Å². The van der Waals surface area contributed by atoms with Crippen LogP contribution in [0.4, 0.5) is 4.79 Å². The molecule has 3 aromatic rings. The number of amides is 1. The number of rotatable bonds is 5. The number of ether oxygens (including phenoxy) is 2. The fourth-order valence-corrected chi connectivity index (χ4v) is 4.92. The molecule has 186 valence electrons. The number of carbonyl (C=O) groups is 2. The number of benzene rings is 2. The van der Waals surface area contributed by atoms with Gasteiger partial charge in [-0.05, 0) is 82.2 Å². The van der Waals surface area contributed by atoms with Crippen LogP contribution >= 0.6 is 0 Å². The highest BCUT2D eigenvalue weighted by molar-refractivity contribution is 5.89. The molecule has 0 N–H and O–H groups in total. The van der Waals surface area contributed by atoms with Gasteiger partial charge in [0, 0.05) is 36.2 Å². The monoisotopic (exact) mass is 476 g/mol. The number of hydrogen-bond donors (Lipinski definition) is 0. The van der Waals surface area contributed by atoms with Gasteiger partial charge in [-0.25, -0.2) is 9.59 Å². The second-order valence-electron chi connectivity index (χ2n) is 10.5. The van der Waals surface area contributed by atoms with E-state index in [2.05, 4.69) is 35.8 Å². The van der Waals surface area contributed by atoms with E-state index in [-0.39, 0.29) is 12.1 Å². The number of hydrogen-bond acceptors (Lipinski definition) is 4. The molecule has 0 spiro atoms. The topological polar surface area (TPSA) is 60.8 Å². The van der Waals surface area contributed by atoms with Gasteiger partial charge in [0.05, 0.1) is 12.7 Å². The summed E-state index contributed by atoms with van der Waals surface area (Å²) in [7, 11) is 1.40. The molecule has 1 aliphatic heterocycles. The largest absolute Gasteiger partial charge is 0.465 e. The molecule has 1 aromatic heterocycles. The van der Waals surface area contributed by atoms with Crippen LogP contribution < -0.4 is 0 Å². The molecule has 1 fully saturated rings. The Labute approximate surface area is 207 Å². The van der Waals surface area contributed by atoms with Crippen LogP contribution in [0.3, 0.4) is 0 Å². The molecule has 0 bridgehead atoms. The van der Waals surface area contributed by atoms with Gasteiger partial charge in [0.25, 0.3) is 0 Å². The molecule has 0 aliphatic carbocycles. The first-order valence-electron chi connectivity index (χ1n) is 12.4. The van der Waals surface area contributed by atoms with E-state index in [4.69, 9.17) is 9.47 Å². The van der Waals surface area contributed by atoms with Gasteiger partial charge in [-0.15, -0.1) is 0 Å². The van der Waals surface area contributed by atoms with Gasteiger partial charge >= 0.3 is 12.1 Å². The lowest BCUT2D eigenvalue weighted by molar-refractivity contribution is 0.0178. The quantitative estimate of drug-likeness (QED) is 0.426. The van der Waals surface area contributed by atoms with Crippen LogP contribution in [0.1, 0.15) is 60.8 Å². The Hall–Kier alpha value is -3.28. The van der Waals surface area contributed by atoms with E-state index in [9.17, 15) is 9.59 Å². The maximum atomic E-state index is 12.4. The van der Waals surface area contributed by atoms with Crippen molar-refractivity contribution in [2.45, 2.75) is 59.1 Å². The second-order valence-corrected chi connectivity index (χ2v) is 10.5. The van der Waals surface area contributed by atoms with Crippen LogP contribution in [0.2, 0.25) is 0 Å². The van der Waals surface area contributed by atoms with Gasteiger partial charge < -0.3 is 18.9 Å². The van der Waals surface area contributed by atoms with Crippen molar-refractivity contribution in [2.24, 2.45) is 5.92 Å². The SMILES string of the molecule is COC(=O)c1ccc(Cc2c(C)n(CC3CCN(C(=O)OC(C)(C)C)CC3)c3ccccc23)cc1. The highest BCUT2D eigenvalue weighted by atomic mass is 16.6. The zero-order valence-electron chi connectivity index (χ0n) is 21.5. The summed E-state index contributed by atoms with van der Waals surface area (Å²) in [5.41, 5.74) is 5.10. The predicted molar refractivity (Wildman–Crippen MR) is 138 cm³/mol. The molecule has 0 radical (unpaired) electrons. The van der Waals surface area contributed by atoms with Crippen molar-refractivity contribution in [3.05, 3.63) is 70.9 Å². The number of aromatic nitrogens is 1. The molecule has 2 aromatic carbocycles. The number of piperidine rings is 1. The van der Waals surface area contributed by atoms with Crippen LogP contribution in [0.25, 0.3) is 10.9 Å². The fourth-order valence-electron chi connectivity index (χ4n) is 4.92. The molecule has 1 saturated heterocycles. The average molecular weight is 477 g/mol. The van der Waals surface area contributed by atoms with Crippen LogP contribution in [0.15, 0.2) is 48.5 Å². The third kappa shape index (κ3) is 5.69. The van der Waals surface area contributed by atoms with Crippen molar-refractivity contribution in [1.29, 1.82) is 0 Å². The number of para-hydroxylation sites is 1. The lowest BCUT2D eigenvalue weighted by Crippen LogP contribution is -2.42. The standard InChI is InChI=1S/C29H36N2O4/c1-20-25(18-21-10-12-23(13-11-21)27(32)34-5)24-8-6-7-9-26(24)31(20)19-22-14-16-30(17-15-22)28(33)35-29(2,3)4/h6-13,22H,14-19H2,1-5H3. The van der Waals surface area contributed by atoms with Gasteiger partial charge in [0.15, 0.2) is 0 Å². The zero-order chi connectivity index (χ0) is 25.2. The molecular formula is C29H36N2O4. The Morgan fingerprint density at radius 2 is 1.66 bits per heavy atom. The Bertz CT molecular complexity index is 1200. The molecule has 6 heteroatoms. The minimum absolute atomic E-state index is 0.209. The summed E-state index contributed by atoms with van der Waals surface area (Å²) in [5.74, 6) is 0.192. The lowest BCUT2D eigenvalue weighted by atomic mass is 9.96. The number of fused-ring (bicyclic) bond motifs is 1. The molecule has 0 unspecified atom stereocenters. The Morgan fingerprint density at radius 1 is 1.00 bits per heavy atom. The molecule has 35 heavy (non-hydrogen) atoms. The van der Waals surface area contributed by atoms with Crippen molar-refractivity contribution < 1.29 is 19.1 Å². The first kappa shape index (κ1) is 24.8. The molecule has 0 atom stereocenters. The predicted octanol–water partition coefficient (Wildman–Crippen LogP) is 5.97. The third-order valence-corrected chi connectivity index (χ3v) is 6.82. The summed E-state index contributed by atoms with van der Waals surface area (Å²) in [6, 6.07) is 16.2.